The van der Waals surface area contributed by atoms with Crippen LogP contribution in [0, 0.1) is 11.6 Å². The lowest BCUT2D eigenvalue weighted by Gasteiger charge is -2.22. The Balaban J connectivity index is 2.06. The van der Waals surface area contributed by atoms with Gasteiger partial charge in [0.25, 0.3) is 0 Å². The molecule has 33 heavy (non-hydrogen) atoms. The number of halogens is 3. The van der Waals surface area contributed by atoms with Crippen molar-refractivity contribution in [3.63, 3.8) is 0 Å². The Bertz CT molecular complexity index is 1180. The molecule has 0 aliphatic rings. The van der Waals surface area contributed by atoms with Crippen molar-refractivity contribution in [3.8, 4) is 11.1 Å². The maximum absolute atomic E-state index is 14.9. The van der Waals surface area contributed by atoms with Crippen LogP contribution in [-0.4, -0.2) is 33.5 Å². The second-order valence-electron chi connectivity index (χ2n) is 7.33. The van der Waals surface area contributed by atoms with E-state index in [0.29, 0.717) is 27.4 Å². The fourth-order valence-corrected chi connectivity index (χ4v) is 3.49. The van der Waals surface area contributed by atoms with Crippen molar-refractivity contribution < 1.29 is 19.0 Å². The van der Waals surface area contributed by atoms with Crippen LogP contribution in [0.5, 0.6) is 0 Å². The maximum Gasteiger partial charge on any atom is 0.159 e. The number of rotatable bonds is 8. The van der Waals surface area contributed by atoms with Gasteiger partial charge in [-0.05, 0) is 32.7 Å². The summed E-state index contributed by atoms with van der Waals surface area (Å²) in [5.41, 5.74) is 2.08. The standard InChI is InChI=1S/C24H23ClF2N4O2/c1-13(25)23(31-14(2)16-6-4-5-7-19(16)26)18-8-17(20(27)9-21(18)28-3)15-10-29-24(30-11-15)22(33)12-32/h4-11,14,22,31-33H,3,12H2,1-2H3/b23-13-. The largest absolute Gasteiger partial charge is 0.393 e. The van der Waals surface area contributed by atoms with Gasteiger partial charge in [0.15, 0.2) is 5.82 Å². The van der Waals surface area contributed by atoms with E-state index in [4.69, 9.17) is 16.7 Å². The fourth-order valence-electron chi connectivity index (χ4n) is 3.33. The Morgan fingerprint density at radius 1 is 1.18 bits per heavy atom. The smallest absolute Gasteiger partial charge is 0.159 e. The summed E-state index contributed by atoms with van der Waals surface area (Å²) < 4.78 is 29.2. The van der Waals surface area contributed by atoms with E-state index in [-0.39, 0.29) is 22.9 Å². The minimum Gasteiger partial charge on any atom is -0.393 e. The molecule has 2 aromatic carbocycles. The average Bonchev–Trinajstić information content (AvgIpc) is 2.82. The highest BCUT2D eigenvalue weighted by Crippen LogP contribution is 2.36. The van der Waals surface area contributed by atoms with Crippen LogP contribution in [0.25, 0.3) is 16.8 Å². The molecule has 0 saturated carbocycles. The van der Waals surface area contributed by atoms with Gasteiger partial charge in [0.1, 0.15) is 17.7 Å². The Hall–Kier alpha value is -3.20. The van der Waals surface area contributed by atoms with Gasteiger partial charge in [-0.2, -0.15) is 0 Å². The first kappa shape index (κ1) is 24.4. The molecule has 0 radical (unpaired) electrons. The number of nitrogens with zero attached hydrogens (tertiary/aromatic N) is 3. The third kappa shape index (κ3) is 5.42. The highest BCUT2D eigenvalue weighted by molar-refractivity contribution is 6.32. The molecule has 0 fully saturated rings. The van der Waals surface area contributed by atoms with E-state index in [1.807, 2.05) is 0 Å². The second kappa shape index (κ2) is 10.6. The molecule has 9 heteroatoms. The van der Waals surface area contributed by atoms with Gasteiger partial charge in [-0.15, -0.1) is 0 Å². The monoisotopic (exact) mass is 472 g/mol. The summed E-state index contributed by atoms with van der Waals surface area (Å²) in [6, 6.07) is 8.66. The van der Waals surface area contributed by atoms with Crippen LogP contribution in [0.1, 0.15) is 42.9 Å². The molecule has 2 unspecified atom stereocenters. The predicted octanol–water partition coefficient (Wildman–Crippen LogP) is 5.06. The van der Waals surface area contributed by atoms with Crippen LogP contribution >= 0.6 is 11.6 Å². The predicted molar refractivity (Wildman–Crippen MR) is 125 cm³/mol. The quantitative estimate of drug-likeness (QED) is 0.399. The van der Waals surface area contributed by atoms with Crippen molar-refractivity contribution in [2.75, 3.05) is 6.61 Å². The molecule has 3 aromatic rings. The molecule has 172 valence electrons. The van der Waals surface area contributed by atoms with E-state index >= 15 is 0 Å². The summed E-state index contributed by atoms with van der Waals surface area (Å²) in [5, 5.41) is 22.3. The lowest BCUT2D eigenvalue weighted by atomic mass is 9.99. The number of aliphatic imine (C=N–C) groups is 1. The highest BCUT2D eigenvalue weighted by Gasteiger charge is 2.20. The van der Waals surface area contributed by atoms with E-state index in [0.717, 1.165) is 0 Å². The zero-order valence-corrected chi connectivity index (χ0v) is 18.8. The summed E-state index contributed by atoms with van der Waals surface area (Å²) in [5.74, 6) is -0.939. The topological polar surface area (TPSA) is 90.6 Å². The lowest BCUT2D eigenvalue weighted by molar-refractivity contribution is 0.0886. The van der Waals surface area contributed by atoms with Gasteiger partial charge in [0.05, 0.1) is 24.0 Å². The van der Waals surface area contributed by atoms with Crippen LogP contribution in [0.4, 0.5) is 14.5 Å². The van der Waals surface area contributed by atoms with Gasteiger partial charge >= 0.3 is 0 Å². The van der Waals surface area contributed by atoms with E-state index < -0.39 is 24.6 Å². The van der Waals surface area contributed by atoms with Crippen molar-refractivity contribution in [2.24, 2.45) is 4.99 Å². The van der Waals surface area contributed by atoms with E-state index in [2.05, 4.69) is 27.0 Å². The van der Waals surface area contributed by atoms with Crippen molar-refractivity contribution in [3.05, 3.63) is 82.4 Å². The molecule has 1 heterocycles. The third-order valence-electron chi connectivity index (χ3n) is 5.06. The van der Waals surface area contributed by atoms with Crippen LogP contribution in [0.2, 0.25) is 0 Å². The minimum atomic E-state index is -1.23. The van der Waals surface area contributed by atoms with Gasteiger partial charge in [0.2, 0.25) is 0 Å². The van der Waals surface area contributed by atoms with Gasteiger partial charge in [-0.1, -0.05) is 29.8 Å². The van der Waals surface area contributed by atoms with Crippen LogP contribution in [0.15, 0.2) is 58.8 Å². The first-order valence-corrected chi connectivity index (χ1v) is 10.4. The summed E-state index contributed by atoms with van der Waals surface area (Å²) in [4.78, 5) is 11.9. The van der Waals surface area contributed by atoms with Crippen molar-refractivity contribution in [1.82, 2.24) is 15.3 Å². The zero-order valence-electron chi connectivity index (χ0n) is 18.1. The SMILES string of the molecule is C=Nc1cc(F)c(-c2cnc(C(O)CO)nc2)cc1/C(NC(C)c1ccccc1F)=C(\C)Cl. The Labute approximate surface area is 195 Å². The molecule has 0 saturated heterocycles. The summed E-state index contributed by atoms with van der Waals surface area (Å²) in [6.45, 7) is 6.42. The number of aliphatic hydroxyl groups is 2. The third-order valence-corrected chi connectivity index (χ3v) is 5.24. The Kier molecular flexibility index (Phi) is 7.86. The minimum absolute atomic E-state index is 0.0174. The van der Waals surface area contributed by atoms with Crippen LogP contribution in [0.3, 0.4) is 0 Å². The summed E-state index contributed by atoms with van der Waals surface area (Å²) in [6.07, 6.45) is 1.46. The number of aliphatic hydroxyl groups excluding tert-OH is 2. The van der Waals surface area contributed by atoms with Gasteiger partial charge in [-0.25, -0.2) is 18.7 Å². The van der Waals surface area contributed by atoms with Gasteiger partial charge in [-0.3, -0.25) is 4.99 Å². The molecule has 0 aliphatic heterocycles. The number of benzene rings is 2. The average molecular weight is 473 g/mol. The molecule has 0 amide bonds. The number of aromatic nitrogens is 2. The molecule has 6 nitrogen and oxygen atoms in total. The summed E-state index contributed by atoms with van der Waals surface area (Å²) >= 11 is 6.38. The van der Waals surface area contributed by atoms with Crippen molar-refractivity contribution in [1.29, 1.82) is 0 Å². The molecular formula is C24H23ClF2N4O2. The molecule has 0 aliphatic carbocycles. The van der Waals surface area contributed by atoms with Gasteiger partial charge < -0.3 is 15.5 Å². The van der Waals surface area contributed by atoms with Crippen LogP contribution in [-0.2, 0) is 0 Å². The zero-order chi connectivity index (χ0) is 24.1. The van der Waals surface area contributed by atoms with Crippen LogP contribution < -0.4 is 5.32 Å². The van der Waals surface area contributed by atoms with Crippen molar-refractivity contribution in [2.45, 2.75) is 26.0 Å². The maximum atomic E-state index is 14.9. The highest BCUT2D eigenvalue weighted by atomic mass is 35.5. The molecule has 0 spiro atoms. The fraction of sp³-hybridized carbons (Fsp3) is 0.208. The molecular weight excluding hydrogens is 450 g/mol. The van der Waals surface area contributed by atoms with E-state index in [9.17, 15) is 13.9 Å². The van der Waals surface area contributed by atoms with E-state index in [1.165, 1.54) is 30.6 Å². The van der Waals surface area contributed by atoms with Crippen molar-refractivity contribution >= 4 is 29.7 Å². The van der Waals surface area contributed by atoms with E-state index in [1.54, 1.807) is 32.0 Å². The molecule has 3 rings (SSSR count). The first-order valence-electron chi connectivity index (χ1n) is 10.1. The molecule has 1 aromatic heterocycles. The second-order valence-corrected chi connectivity index (χ2v) is 7.90. The number of hydrogen-bond donors (Lipinski definition) is 3. The molecule has 0 bridgehead atoms. The number of allylic oxidation sites excluding steroid dienone is 1. The first-order chi connectivity index (χ1) is 15.8. The number of nitrogens with one attached hydrogen (secondary N) is 1. The lowest BCUT2D eigenvalue weighted by Crippen LogP contribution is -2.19. The molecule has 3 N–H and O–H groups in total. The normalized spacial score (nSPS) is 13.8. The number of hydrogen-bond acceptors (Lipinski definition) is 6. The summed E-state index contributed by atoms with van der Waals surface area (Å²) in [7, 11) is 0. The Morgan fingerprint density at radius 3 is 2.42 bits per heavy atom. The molecule has 2 atom stereocenters. The Morgan fingerprint density at radius 2 is 1.85 bits per heavy atom. The van der Waals surface area contributed by atoms with Gasteiger partial charge in [0, 0.05) is 45.7 Å².